The van der Waals surface area contributed by atoms with Crippen LogP contribution in [0.2, 0.25) is 0 Å². The number of nitrogens with two attached hydrogens (primary N) is 1. The third-order valence-corrected chi connectivity index (χ3v) is 3.63. The van der Waals surface area contributed by atoms with Crippen molar-refractivity contribution in [2.24, 2.45) is 5.14 Å². The van der Waals surface area contributed by atoms with Crippen molar-refractivity contribution in [1.29, 1.82) is 0 Å². The van der Waals surface area contributed by atoms with Crippen LogP contribution in [0.15, 0.2) is 34.7 Å². The lowest BCUT2D eigenvalue weighted by Gasteiger charge is -2.03. The molecule has 1 aromatic heterocycles. The van der Waals surface area contributed by atoms with Crippen LogP contribution in [0.4, 0.5) is 5.13 Å². The first-order valence-electron chi connectivity index (χ1n) is 4.67. The normalized spacial score (nSPS) is 11.4. The molecule has 0 saturated heterocycles. The lowest BCUT2D eigenvalue weighted by Crippen LogP contribution is -2.12. The first-order valence-corrected chi connectivity index (χ1v) is 7.10. The Bertz CT molecular complexity index is 578. The fourth-order valence-corrected chi connectivity index (χ4v) is 2.18. The molecule has 0 fully saturated rings. The number of rotatable bonds is 4. The SMILES string of the molecule is NS(=O)(=O)c1ccc(CNc2nncs2)cc1. The second-order valence-electron chi connectivity index (χ2n) is 3.29. The number of aromatic nitrogens is 2. The average molecular weight is 270 g/mol. The van der Waals surface area contributed by atoms with Gasteiger partial charge in [0.25, 0.3) is 0 Å². The molecule has 1 aromatic carbocycles. The van der Waals surface area contributed by atoms with Crippen LogP contribution in [-0.4, -0.2) is 18.6 Å². The highest BCUT2D eigenvalue weighted by Gasteiger charge is 2.06. The molecule has 0 atom stereocenters. The number of nitrogens with one attached hydrogen (secondary N) is 1. The van der Waals surface area contributed by atoms with Crippen LogP contribution in [0.5, 0.6) is 0 Å². The van der Waals surface area contributed by atoms with Crippen LogP contribution in [0.25, 0.3) is 0 Å². The van der Waals surface area contributed by atoms with Gasteiger partial charge in [0, 0.05) is 6.54 Å². The van der Waals surface area contributed by atoms with E-state index >= 15 is 0 Å². The Labute approximate surface area is 103 Å². The van der Waals surface area contributed by atoms with Gasteiger partial charge in [0.2, 0.25) is 15.2 Å². The Kier molecular flexibility index (Phi) is 3.36. The first-order chi connectivity index (χ1) is 8.05. The van der Waals surface area contributed by atoms with E-state index < -0.39 is 10.0 Å². The Morgan fingerprint density at radius 1 is 1.29 bits per heavy atom. The molecule has 2 rings (SSSR count). The molecule has 2 aromatic rings. The van der Waals surface area contributed by atoms with Crippen LogP contribution < -0.4 is 10.5 Å². The second kappa shape index (κ2) is 4.78. The minimum atomic E-state index is -3.62. The summed E-state index contributed by atoms with van der Waals surface area (Å²) in [5.41, 5.74) is 2.57. The number of primary sulfonamides is 1. The number of benzene rings is 1. The maximum absolute atomic E-state index is 11.0. The molecule has 1 heterocycles. The minimum Gasteiger partial charge on any atom is -0.356 e. The molecule has 3 N–H and O–H groups in total. The largest absolute Gasteiger partial charge is 0.356 e. The zero-order valence-electron chi connectivity index (χ0n) is 8.70. The van der Waals surface area contributed by atoms with Gasteiger partial charge in [0.05, 0.1) is 4.90 Å². The van der Waals surface area contributed by atoms with Crippen LogP contribution in [-0.2, 0) is 16.6 Å². The van der Waals surface area contributed by atoms with Crippen LogP contribution in [0, 0.1) is 0 Å². The summed E-state index contributed by atoms with van der Waals surface area (Å²) in [6.45, 7) is 0.556. The van der Waals surface area contributed by atoms with E-state index in [4.69, 9.17) is 5.14 Å². The molecule has 6 nitrogen and oxygen atoms in total. The molecule has 0 aliphatic rings. The Morgan fingerprint density at radius 2 is 2.00 bits per heavy atom. The maximum Gasteiger partial charge on any atom is 0.238 e. The zero-order chi connectivity index (χ0) is 12.3. The predicted molar refractivity (Wildman–Crippen MR) is 65.1 cm³/mol. The number of nitrogens with zero attached hydrogens (tertiary/aromatic N) is 2. The summed E-state index contributed by atoms with van der Waals surface area (Å²) in [6, 6.07) is 6.36. The number of hydrogen-bond acceptors (Lipinski definition) is 6. The molecule has 8 heteroatoms. The summed E-state index contributed by atoms with van der Waals surface area (Å²) in [5.74, 6) is 0. The molecule has 0 amide bonds. The summed E-state index contributed by atoms with van der Waals surface area (Å²) in [6.07, 6.45) is 0. The van der Waals surface area contributed by atoms with Gasteiger partial charge in [-0.05, 0) is 17.7 Å². The Balaban J connectivity index is 2.04. The van der Waals surface area contributed by atoms with Crippen LogP contribution >= 0.6 is 11.3 Å². The molecule has 0 aliphatic carbocycles. The third kappa shape index (κ3) is 3.22. The number of anilines is 1. The van der Waals surface area contributed by atoms with E-state index in [1.807, 2.05) is 0 Å². The van der Waals surface area contributed by atoms with E-state index in [1.54, 1.807) is 17.6 Å². The molecular weight excluding hydrogens is 260 g/mol. The van der Waals surface area contributed by atoms with E-state index in [1.165, 1.54) is 23.5 Å². The summed E-state index contributed by atoms with van der Waals surface area (Å²) < 4.78 is 22.1. The number of sulfonamides is 1. The third-order valence-electron chi connectivity index (χ3n) is 2.06. The van der Waals surface area contributed by atoms with E-state index in [-0.39, 0.29) is 4.90 Å². The van der Waals surface area contributed by atoms with Gasteiger partial charge in [-0.2, -0.15) is 0 Å². The van der Waals surface area contributed by atoms with Gasteiger partial charge in [-0.3, -0.25) is 0 Å². The Hall–Kier alpha value is -1.51. The van der Waals surface area contributed by atoms with E-state index in [0.717, 1.165) is 10.7 Å². The fraction of sp³-hybridized carbons (Fsp3) is 0.111. The molecule has 0 unspecified atom stereocenters. The molecule has 90 valence electrons. The maximum atomic E-state index is 11.0. The topological polar surface area (TPSA) is 98.0 Å². The molecule has 0 saturated carbocycles. The van der Waals surface area contributed by atoms with Crippen molar-refractivity contribution < 1.29 is 8.42 Å². The van der Waals surface area contributed by atoms with Gasteiger partial charge in [0.1, 0.15) is 5.51 Å². The van der Waals surface area contributed by atoms with Crippen molar-refractivity contribution in [3.63, 3.8) is 0 Å². The molecule has 17 heavy (non-hydrogen) atoms. The van der Waals surface area contributed by atoms with Gasteiger partial charge in [-0.1, -0.05) is 23.5 Å². The van der Waals surface area contributed by atoms with Gasteiger partial charge >= 0.3 is 0 Å². The molecule has 0 bridgehead atoms. The minimum absolute atomic E-state index is 0.108. The van der Waals surface area contributed by atoms with Gasteiger partial charge in [-0.15, -0.1) is 10.2 Å². The summed E-state index contributed by atoms with van der Waals surface area (Å²) >= 11 is 1.40. The van der Waals surface area contributed by atoms with E-state index in [0.29, 0.717) is 6.54 Å². The molecular formula is C9H10N4O2S2. The fourth-order valence-electron chi connectivity index (χ4n) is 1.22. The highest BCUT2D eigenvalue weighted by Crippen LogP contribution is 2.12. The number of hydrogen-bond donors (Lipinski definition) is 2. The standard InChI is InChI=1S/C9H10N4O2S2/c10-17(14,15)8-3-1-7(2-4-8)5-11-9-13-12-6-16-9/h1-4,6H,5H2,(H,11,13)(H2,10,14,15). The zero-order valence-corrected chi connectivity index (χ0v) is 10.3. The first kappa shape index (κ1) is 12.0. The summed E-state index contributed by atoms with van der Waals surface area (Å²) in [4.78, 5) is 0.108. The smallest absolute Gasteiger partial charge is 0.238 e. The predicted octanol–water partition coefficient (Wildman–Crippen LogP) is 0.798. The van der Waals surface area contributed by atoms with Crippen molar-refractivity contribution in [1.82, 2.24) is 10.2 Å². The van der Waals surface area contributed by atoms with Crippen LogP contribution in [0.3, 0.4) is 0 Å². The van der Waals surface area contributed by atoms with Crippen molar-refractivity contribution in [3.05, 3.63) is 35.3 Å². The van der Waals surface area contributed by atoms with Crippen molar-refractivity contribution in [3.8, 4) is 0 Å². The molecule has 0 aliphatic heterocycles. The van der Waals surface area contributed by atoms with E-state index in [9.17, 15) is 8.42 Å². The van der Waals surface area contributed by atoms with Gasteiger partial charge in [-0.25, -0.2) is 13.6 Å². The second-order valence-corrected chi connectivity index (χ2v) is 5.68. The van der Waals surface area contributed by atoms with Crippen molar-refractivity contribution in [2.45, 2.75) is 11.4 Å². The lowest BCUT2D eigenvalue weighted by molar-refractivity contribution is 0.598. The van der Waals surface area contributed by atoms with E-state index in [2.05, 4.69) is 15.5 Å². The quantitative estimate of drug-likeness (QED) is 0.856. The molecule has 0 spiro atoms. The monoisotopic (exact) mass is 270 g/mol. The molecule has 0 radical (unpaired) electrons. The summed E-state index contributed by atoms with van der Waals surface area (Å²) in [5, 5.41) is 16.3. The highest BCUT2D eigenvalue weighted by molar-refractivity contribution is 7.89. The lowest BCUT2D eigenvalue weighted by atomic mass is 10.2. The van der Waals surface area contributed by atoms with Gasteiger partial charge in [0.15, 0.2) is 0 Å². The Morgan fingerprint density at radius 3 is 2.53 bits per heavy atom. The van der Waals surface area contributed by atoms with Gasteiger partial charge < -0.3 is 5.32 Å². The van der Waals surface area contributed by atoms with Crippen LogP contribution in [0.1, 0.15) is 5.56 Å². The van der Waals surface area contributed by atoms with Crippen molar-refractivity contribution >= 4 is 26.5 Å². The highest BCUT2D eigenvalue weighted by atomic mass is 32.2. The van der Waals surface area contributed by atoms with Crippen molar-refractivity contribution in [2.75, 3.05) is 5.32 Å². The average Bonchev–Trinajstić information content (AvgIpc) is 2.78. The summed E-state index contributed by atoms with van der Waals surface area (Å²) in [7, 11) is -3.62.